The molecule has 1 N–H and O–H groups in total. The molecule has 0 aliphatic rings. The SMILES string of the molecule is Cc1noc(C)c1CCC(=O)N(C)CCCc1nc2ccccc2[nH]1. The number of carbonyl (C=O) groups is 1. The van der Waals surface area contributed by atoms with Crippen LogP contribution in [0.4, 0.5) is 0 Å². The minimum Gasteiger partial charge on any atom is -0.361 e. The Hall–Kier alpha value is -2.63. The molecule has 3 aromatic rings. The summed E-state index contributed by atoms with van der Waals surface area (Å²) >= 11 is 0. The zero-order chi connectivity index (χ0) is 17.8. The van der Waals surface area contributed by atoms with Crippen LogP contribution < -0.4 is 0 Å². The van der Waals surface area contributed by atoms with Gasteiger partial charge in [-0.25, -0.2) is 4.98 Å². The lowest BCUT2D eigenvalue weighted by Gasteiger charge is -2.16. The highest BCUT2D eigenvalue weighted by Crippen LogP contribution is 2.15. The molecule has 132 valence electrons. The summed E-state index contributed by atoms with van der Waals surface area (Å²) in [6, 6.07) is 8.00. The molecule has 0 aliphatic carbocycles. The monoisotopic (exact) mass is 340 g/mol. The van der Waals surface area contributed by atoms with E-state index in [1.807, 2.05) is 45.2 Å². The van der Waals surface area contributed by atoms with Crippen LogP contribution in [-0.2, 0) is 17.6 Å². The van der Waals surface area contributed by atoms with Crippen LogP contribution >= 0.6 is 0 Å². The molecule has 1 aromatic carbocycles. The second-order valence-corrected chi connectivity index (χ2v) is 6.42. The number of nitrogens with one attached hydrogen (secondary N) is 1. The molecule has 3 rings (SSSR count). The topological polar surface area (TPSA) is 75.0 Å². The summed E-state index contributed by atoms with van der Waals surface area (Å²) in [6.07, 6.45) is 2.86. The number of fused-ring (bicyclic) bond motifs is 1. The number of nitrogens with zero attached hydrogens (tertiary/aromatic N) is 3. The zero-order valence-electron chi connectivity index (χ0n) is 15.0. The first-order chi connectivity index (χ1) is 12.0. The number of imidazole rings is 1. The molecule has 0 saturated carbocycles. The number of aromatic amines is 1. The quantitative estimate of drug-likeness (QED) is 0.717. The van der Waals surface area contributed by atoms with Gasteiger partial charge in [-0.2, -0.15) is 0 Å². The maximum absolute atomic E-state index is 12.3. The minimum absolute atomic E-state index is 0.143. The van der Waals surface area contributed by atoms with Gasteiger partial charge >= 0.3 is 0 Å². The van der Waals surface area contributed by atoms with Crippen molar-refractivity contribution in [2.45, 2.75) is 39.5 Å². The third-order valence-corrected chi connectivity index (χ3v) is 4.54. The standard InChI is InChI=1S/C19H24N4O2/c1-13-15(14(2)25-22-13)10-11-19(24)23(3)12-6-9-18-20-16-7-4-5-8-17(16)21-18/h4-5,7-8H,6,9-12H2,1-3H3,(H,20,21). The number of amides is 1. The van der Waals surface area contributed by atoms with Crippen LogP contribution in [0.1, 0.15) is 35.7 Å². The summed E-state index contributed by atoms with van der Waals surface area (Å²) in [5, 5.41) is 3.93. The van der Waals surface area contributed by atoms with Crippen molar-refractivity contribution in [3.63, 3.8) is 0 Å². The first kappa shape index (κ1) is 17.2. The van der Waals surface area contributed by atoms with Gasteiger partial charge in [0.25, 0.3) is 0 Å². The van der Waals surface area contributed by atoms with Crippen LogP contribution in [0.15, 0.2) is 28.8 Å². The van der Waals surface area contributed by atoms with Crippen molar-refractivity contribution in [2.75, 3.05) is 13.6 Å². The van der Waals surface area contributed by atoms with Gasteiger partial charge in [-0.15, -0.1) is 0 Å². The number of benzene rings is 1. The molecule has 25 heavy (non-hydrogen) atoms. The molecule has 6 heteroatoms. The lowest BCUT2D eigenvalue weighted by molar-refractivity contribution is -0.129. The lowest BCUT2D eigenvalue weighted by atomic mass is 10.1. The summed E-state index contributed by atoms with van der Waals surface area (Å²) in [7, 11) is 1.86. The van der Waals surface area contributed by atoms with Crippen LogP contribution in [0.3, 0.4) is 0 Å². The van der Waals surface area contributed by atoms with E-state index in [0.717, 1.165) is 53.3 Å². The number of para-hydroxylation sites is 2. The van der Waals surface area contributed by atoms with Gasteiger partial charge in [0, 0.05) is 32.0 Å². The van der Waals surface area contributed by atoms with Crippen molar-refractivity contribution < 1.29 is 9.32 Å². The summed E-state index contributed by atoms with van der Waals surface area (Å²) < 4.78 is 5.14. The van der Waals surface area contributed by atoms with Crippen molar-refractivity contribution in [3.05, 3.63) is 47.1 Å². The molecule has 0 aliphatic heterocycles. The van der Waals surface area contributed by atoms with E-state index in [1.54, 1.807) is 4.90 Å². The van der Waals surface area contributed by atoms with E-state index in [9.17, 15) is 4.79 Å². The van der Waals surface area contributed by atoms with Gasteiger partial charge in [0.05, 0.1) is 16.7 Å². The van der Waals surface area contributed by atoms with Crippen molar-refractivity contribution in [2.24, 2.45) is 0 Å². The van der Waals surface area contributed by atoms with Crippen LogP contribution in [-0.4, -0.2) is 39.5 Å². The Morgan fingerprint density at radius 3 is 2.76 bits per heavy atom. The van der Waals surface area contributed by atoms with Crippen LogP contribution in [0.25, 0.3) is 11.0 Å². The van der Waals surface area contributed by atoms with Gasteiger partial charge in [-0.1, -0.05) is 17.3 Å². The van der Waals surface area contributed by atoms with E-state index in [-0.39, 0.29) is 5.91 Å². The molecule has 1 amide bonds. The molecule has 0 radical (unpaired) electrons. The molecule has 0 bridgehead atoms. The van der Waals surface area contributed by atoms with Crippen molar-refractivity contribution in [1.29, 1.82) is 0 Å². The maximum atomic E-state index is 12.3. The molecule has 2 aromatic heterocycles. The first-order valence-electron chi connectivity index (χ1n) is 8.64. The van der Waals surface area contributed by atoms with Crippen molar-refractivity contribution >= 4 is 16.9 Å². The smallest absolute Gasteiger partial charge is 0.222 e. The van der Waals surface area contributed by atoms with Crippen LogP contribution in [0, 0.1) is 13.8 Å². The number of hydrogen-bond acceptors (Lipinski definition) is 4. The van der Waals surface area contributed by atoms with E-state index < -0.39 is 0 Å². The highest BCUT2D eigenvalue weighted by molar-refractivity contribution is 5.76. The molecule has 0 atom stereocenters. The molecular weight excluding hydrogens is 316 g/mol. The number of H-pyrrole nitrogens is 1. The summed E-state index contributed by atoms with van der Waals surface area (Å²) in [5.41, 5.74) is 3.96. The Kier molecular flexibility index (Phi) is 5.16. The van der Waals surface area contributed by atoms with Crippen LogP contribution in [0.5, 0.6) is 0 Å². The molecular formula is C19H24N4O2. The van der Waals surface area contributed by atoms with Gasteiger partial charge in [0.2, 0.25) is 5.91 Å². The molecule has 0 spiro atoms. The van der Waals surface area contributed by atoms with E-state index in [2.05, 4.69) is 15.1 Å². The Labute approximate surface area is 147 Å². The fourth-order valence-corrected chi connectivity index (χ4v) is 3.01. The number of aryl methyl sites for hydroxylation is 3. The highest BCUT2D eigenvalue weighted by Gasteiger charge is 2.14. The Morgan fingerprint density at radius 1 is 1.24 bits per heavy atom. The predicted molar refractivity (Wildman–Crippen MR) is 96.3 cm³/mol. The first-order valence-corrected chi connectivity index (χ1v) is 8.64. The lowest BCUT2D eigenvalue weighted by Crippen LogP contribution is -2.28. The minimum atomic E-state index is 0.143. The van der Waals surface area contributed by atoms with E-state index in [0.29, 0.717) is 12.8 Å². The second-order valence-electron chi connectivity index (χ2n) is 6.42. The summed E-state index contributed by atoms with van der Waals surface area (Å²) in [4.78, 5) is 22.0. The van der Waals surface area contributed by atoms with Crippen molar-refractivity contribution in [1.82, 2.24) is 20.0 Å². The average Bonchev–Trinajstić information content (AvgIpc) is 3.15. The molecule has 2 heterocycles. The molecule has 6 nitrogen and oxygen atoms in total. The van der Waals surface area contributed by atoms with E-state index >= 15 is 0 Å². The normalized spacial score (nSPS) is 11.2. The fourth-order valence-electron chi connectivity index (χ4n) is 3.01. The van der Waals surface area contributed by atoms with Gasteiger partial charge in [0.1, 0.15) is 11.6 Å². The largest absolute Gasteiger partial charge is 0.361 e. The van der Waals surface area contributed by atoms with E-state index in [4.69, 9.17) is 4.52 Å². The summed E-state index contributed by atoms with van der Waals surface area (Å²) in [6.45, 7) is 4.52. The van der Waals surface area contributed by atoms with Crippen LogP contribution in [0.2, 0.25) is 0 Å². The summed E-state index contributed by atoms with van der Waals surface area (Å²) in [5.74, 6) is 1.92. The van der Waals surface area contributed by atoms with Gasteiger partial charge in [-0.05, 0) is 38.8 Å². The number of aromatic nitrogens is 3. The number of hydrogen-bond donors (Lipinski definition) is 1. The second kappa shape index (κ2) is 7.51. The van der Waals surface area contributed by atoms with Gasteiger partial charge in [0.15, 0.2) is 0 Å². The molecule has 0 saturated heterocycles. The van der Waals surface area contributed by atoms with Gasteiger partial charge in [-0.3, -0.25) is 4.79 Å². The maximum Gasteiger partial charge on any atom is 0.222 e. The highest BCUT2D eigenvalue weighted by atomic mass is 16.5. The zero-order valence-corrected chi connectivity index (χ0v) is 15.0. The number of carbonyl (C=O) groups excluding carboxylic acids is 1. The van der Waals surface area contributed by atoms with Gasteiger partial charge < -0.3 is 14.4 Å². The Bertz CT molecular complexity index is 813. The van der Waals surface area contributed by atoms with Crippen molar-refractivity contribution in [3.8, 4) is 0 Å². The van der Waals surface area contributed by atoms with E-state index in [1.165, 1.54) is 0 Å². The molecule has 0 unspecified atom stereocenters. The average molecular weight is 340 g/mol. The fraction of sp³-hybridized carbons (Fsp3) is 0.421. The third kappa shape index (κ3) is 4.07. The number of rotatable bonds is 7. The third-order valence-electron chi connectivity index (χ3n) is 4.54. The predicted octanol–water partition coefficient (Wildman–Crippen LogP) is 3.19. The Morgan fingerprint density at radius 2 is 2.04 bits per heavy atom. The molecule has 0 fully saturated rings. The Balaban J connectivity index is 1.45.